The van der Waals surface area contributed by atoms with Crippen LogP contribution in [0.1, 0.15) is 17.3 Å². The molecule has 39 heavy (non-hydrogen) atoms. The molecule has 0 spiro atoms. The van der Waals surface area contributed by atoms with Gasteiger partial charge in [0.15, 0.2) is 0 Å². The van der Waals surface area contributed by atoms with Crippen molar-refractivity contribution in [2.75, 3.05) is 19.4 Å². The molecule has 0 aliphatic carbocycles. The van der Waals surface area contributed by atoms with Gasteiger partial charge in [-0.05, 0) is 67.6 Å². The first-order valence-corrected chi connectivity index (χ1v) is 15.6. The molecular formula is C30H31O7PS. The third kappa shape index (κ3) is 8.05. The van der Waals surface area contributed by atoms with Crippen LogP contribution < -0.4 is 15.9 Å². The zero-order chi connectivity index (χ0) is 28.3. The Morgan fingerprint density at radius 1 is 0.795 bits per heavy atom. The van der Waals surface area contributed by atoms with Crippen molar-refractivity contribution in [3.05, 3.63) is 121 Å². The van der Waals surface area contributed by atoms with Crippen LogP contribution in [0.3, 0.4) is 0 Å². The number of benzene rings is 4. The van der Waals surface area contributed by atoms with Crippen LogP contribution in [0.25, 0.3) is 0 Å². The van der Waals surface area contributed by atoms with Crippen LogP contribution >= 0.6 is 7.26 Å². The van der Waals surface area contributed by atoms with E-state index < -0.39 is 34.3 Å². The van der Waals surface area contributed by atoms with E-state index >= 15 is 0 Å². The highest BCUT2D eigenvalue weighted by molar-refractivity contribution is 7.95. The average Bonchev–Trinajstić information content (AvgIpc) is 2.96. The van der Waals surface area contributed by atoms with Crippen LogP contribution in [0.5, 0.6) is 0 Å². The maximum Gasteiger partial charge on any atom is 0.338 e. The molecule has 4 rings (SSSR count). The van der Waals surface area contributed by atoms with Crippen molar-refractivity contribution in [3.63, 3.8) is 0 Å². The highest BCUT2D eigenvalue weighted by Gasteiger charge is 2.44. The van der Waals surface area contributed by atoms with Gasteiger partial charge in [0.25, 0.3) is 0 Å². The Hall–Kier alpha value is -3.39. The minimum Gasteiger partial charge on any atom is -0.744 e. The van der Waals surface area contributed by atoms with Crippen molar-refractivity contribution in [1.29, 1.82) is 0 Å². The second kappa shape index (κ2) is 14.1. The number of esters is 1. The summed E-state index contributed by atoms with van der Waals surface area (Å²) in [4.78, 5) is 10.9. The molecule has 0 saturated heterocycles. The molecule has 1 unspecified atom stereocenters. The normalized spacial score (nSPS) is 12.1. The lowest BCUT2D eigenvalue weighted by Gasteiger charge is -2.26. The summed E-state index contributed by atoms with van der Waals surface area (Å²) in [6.45, 7) is 1.49. The molecule has 0 aliphatic heterocycles. The molecule has 0 fully saturated rings. The Morgan fingerprint density at radius 3 is 1.54 bits per heavy atom. The van der Waals surface area contributed by atoms with Crippen molar-refractivity contribution in [3.8, 4) is 0 Å². The standard InChI is InChI=1S/C20H20OP.C10H12O6S/c21-16-17-22(18-10-4-1-5-11-18,19-12-6-2-7-13-19)20-14-8-3-9-15-20;1-7(11)6-16-10(12)8-2-4-9(5-3-8)17(13,14)15/h1-15,21H,16-17H2;2-5,7,11H,6H2,1H3,(H,13,14,15)/q+1;/p-1. The zero-order valence-corrected chi connectivity index (χ0v) is 23.2. The van der Waals surface area contributed by atoms with Crippen molar-refractivity contribution in [2.24, 2.45) is 0 Å². The number of carbonyl (C=O) groups excluding carboxylic acids is 1. The second-order valence-electron chi connectivity index (χ2n) is 8.69. The van der Waals surface area contributed by atoms with Crippen LogP contribution in [0.15, 0.2) is 120 Å². The van der Waals surface area contributed by atoms with Gasteiger partial charge < -0.3 is 19.5 Å². The molecule has 0 radical (unpaired) electrons. The maximum absolute atomic E-state index is 11.3. The summed E-state index contributed by atoms with van der Waals surface area (Å²) in [5.74, 6) is -0.694. The third-order valence-corrected chi connectivity index (χ3v) is 11.1. The lowest BCUT2D eigenvalue weighted by molar-refractivity contribution is 0.0296. The van der Waals surface area contributed by atoms with Gasteiger partial charge in [-0.3, -0.25) is 0 Å². The van der Waals surface area contributed by atoms with Crippen LogP contribution in [0.4, 0.5) is 0 Å². The van der Waals surface area contributed by atoms with Gasteiger partial charge in [-0.25, -0.2) is 13.2 Å². The Balaban J connectivity index is 0.000000224. The van der Waals surface area contributed by atoms with Gasteiger partial charge in [0.05, 0.1) is 29.3 Å². The summed E-state index contributed by atoms with van der Waals surface area (Å²) in [7, 11) is -6.32. The molecule has 0 aliphatic rings. The second-order valence-corrected chi connectivity index (χ2v) is 13.7. The van der Waals surface area contributed by atoms with Gasteiger partial charge in [-0.1, -0.05) is 54.6 Å². The highest BCUT2D eigenvalue weighted by atomic mass is 32.2. The van der Waals surface area contributed by atoms with Crippen LogP contribution in [0, 0.1) is 0 Å². The van der Waals surface area contributed by atoms with Gasteiger partial charge in [0, 0.05) is 0 Å². The molecule has 1 atom stereocenters. The zero-order valence-electron chi connectivity index (χ0n) is 21.5. The van der Waals surface area contributed by atoms with Crippen LogP contribution in [-0.4, -0.2) is 54.6 Å². The van der Waals surface area contributed by atoms with E-state index in [1.807, 2.05) is 18.2 Å². The number of aliphatic hydroxyl groups is 2. The molecule has 4 aromatic carbocycles. The number of hydrogen-bond donors (Lipinski definition) is 2. The summed E-state index contributed by atoms with van der Waals surface area (Å²) in [6, 6.07) is 36.3. The van der Waals surface area contributed by atoms with Gasteiger partial charge in [0.1, 0.15) is 39.9 Å². The Bertz CT molecular complexity index is 1310. The minimum absolute atomic E-state index is 0.109. The van der Waals surface area contributed by atoms with E-state index in [2.05, 4.69) is 72.8 Å². The summed E-state index contributed by atoms with van der Waals surface area (Å²) in [6.07, 6.45) is -0.00866. The number of rotatable bonds is 9. The molecular weight excluding hydrogens is 535 g/mol. The average molecular weight is 567 g/mol. The monoisotopic (exact) mass is 566 g/mol. The van der Waals surface area contributed by atoms with E-state index in [1.165, 1.54) is 35.0 Å². The predicted molar refractivity (Wildman–Crippen MR) is 153 cm³/mol. The first kappa shape index (κ1) is 30.2. The first-order chi connectivity index (χ1) is 18.7. The molecule has 9 heteroatoms. The summed E-state index contributed by atoms with van der Waals surface area (Å²) in [5.41, 5.74) is 0.109. The third-order valence-electron chi connectivity index (χ3n) is 5.86. The molecule has 2 N–H and O–H groups in total. The van der Waals surface area contributed by atoms with E-state index in [0.717, 1.165) is 18.3 Å². The quantitative estimate of drug-likeness (QED) is 0.181. The molecule has 0 amide bonds. The molecule has 4 aromatic rings. The van der Waals surface area contributed by atoms with E-state index in [-0.39, 0.29) is 18.8 Å². The Labute approximate surface area is 229 Å². The predicted octanol–water partition coefficient (Wildman–Crippen LogP) is 3.10. The van der Waals surface area contributed by atoms with Crippen molar-refractivity contribution in [1.82, 2.24) is 0 Å². The molecule has 0 heterocycles. The number of hydrogen-bond acceptors (Lipinski definition) is 7. The number of ether oxygens (including phenoxy) is 1. The van der Waals surface area contributed by atoms with Gasteiger partial charge in [-0.2, -0.15) is 0 Å². The lowest BCUT2D eigenvalue weighted by Crippen LogP contribution is -2.34. The summed E-state index contributed by atoms with van der Waals surface area (Å²) in [5, 5.41) is 22.7. The number of carbonyl (C=O) groups is 1. The molecule has 204 valence electrons. The smallest absolute Gasteiger partial charge is 0.338 e. The van der Waals surface area contributed by atoms with Gasteiger partial charge >= 0.3 is 5.97 Å². The SMILES string of the molecule is CC(O)COC(=O)c1ccc(S(=O)(=O)[O-])cc1.OCC[P+](c1ccccc1)(c1ccccc1)c1ccccc1. The number of aliphatic hydroxyl groups excluding tert-OH is 2. The fourth-order valence-electron chi connectivity index (χ4n) is 4.07. The summed E-state index contributed by atoms with van der Waals surface area (Å²) >= 11 is 0. The molecule has 0 aromatic heterocycles. The summed E-state index contributed by atoms with van der Waals surface area (Å²) < 4.78 is 36.6. The van der Waals surface area contributed by atoms with E-state index in [9.17, 15) is 22.9 Å². The molecule has 0 bridgehead atoms. The Kier molecular flexibility index (Phi) is 10.9. The van der Waals surface area contributed by atoms with Crippen molar-refractivity contribution < 1.29 is 32.7 Å². The molecule has 7 nitrogen and oxygen atoms in total. The van der Waals surface area contributed by atoms with Crippen LogP contribution in [-0.2, 0) is 14.9 Å². The fourth-order valence-corrected chi connectivity index (χ4v) is 8.55. The largest absolute Gasteiger partial charge is 0.744 e. The minimum atomic E-state index is -4.51. The van der Waals surface area contributed by atoms with E-state index in [0.29, 0.717) is 0 Å². The van der Waals surface area contributed by atoms with Crippen molar-refractivity contribution in [2.45, 2.75) is 17.9 Å². The highest BCUT2D eigenvalue weighted by Crippen LogP contribution is 2.54. The molecule has 0 saturated carbocycles. The maximum atomic E-state index is 11.3. The van der Waals surface area contributed by atoms with Crippen LogP contribution in [0.2, 0.25) is 0 Å². The topological polar surface area (TPSA) is 124 Å². The lowest BCUT2D eigenvalue weighted by atomic mass is 10.2. The Morgan fingerprint density at radius 2 is 1.21 bits per heavy atom. The van der Waals surface area contributed by atoms with E-state index in [4.69, 9.17) is 9.84 Å². The van der Waals surface area contributed by atoms with Crippen molar-refractivity contribution >= 4 is 39.3 Å². The first-order valence-electron chi connectivity index (χ1n) is 12.3. The van der Waals surface area contributed by atoms with Gasteiger partial charge in [0.2, 0.25) is 0 Å². The fraction of sp³-hybridized carbons (Fsp3) is 0.167. The van der Waals surface area contributed by atoms with E-state index in [1.54, 1.807) is 0 Å². The van der Waals surface area contributed by atoms with Gasteiger partial charge in [-0.15, -0.1) is 0 Å².